The van der Waals surface area contributed by atoms with Crippen LogP contribution >= 0.6 is 15.9 Å². The second kappa shape index (κ2) is 6.71. The number of hydrogen-bond donors (Lipinski definition) is 1. The predicted molar refractivity (Wildman–Crippen MR) is 82.4 cm³/mol. The van der Waals surface area contributed by atoms with Crippen molar-refractivity contribution in [3.05, 3.63) is 28.8 Å². The fourth-order valence-corrected chi connectivity index (χ4v) is 3.50. The van der Waals surface area contributed by atoms with E-state index in [2.05, 4.69) is 30.8 Å². The number of sulfonamides is 1. The second-order valence-electron chi connectivity index (χ2n) is 4.61. The molecule has 7 nitrogen and oxygen atoms in total. The van der Waals surface area contributed by atoms with Gasteiger partial charge in [0.2, 0.25) is 10.0 Å². The lowest BCUT2D eigenvalue weighted by molar-refractivity contribution is 0.552. The van der Waals surface area contributed by atoms with Crippen molar-refractivity contribution in [1.82, 2.24) is 24.3 Å². The van der Waals surface area contributed by atoms with Crippen LogP contribution in [0.1, 0.15) is 19.0 Å². The number of hydrogen-bond acceptors (Lipinski definition) is 4. The van der Waals surface area contributed by atoms with E-state index >= 15 is 0 Å². The van der Waals surface area contributed by atoms with Crippen LogP contribution in [0.3, 0.4) is 0 Å². The molecular formula is C12H18BrN5O2S. The van der Waals surface area contributed by atoms with Crippen molar-refractivity contribution in [2.45, 2.75) is 38.3 Å². The monoisotopic (exact) mass is 375 g/mol. The quantitative estimate of drug-likeness (QED) is 0.744. The van der Waals surface area contributed by atoms with E-state index in [1.54, 1.807) is 28.7 Å². The van der Waals surface area contributed by atoms with Gasteiger partial charge in [-0.05, 0) is 36.2 Å². The molecule has 0 aliphatic heterocycles. The molecule has 2 heterocycles. The molecule has 21 heavy (non-hydrogen) atoms. The van der Waals surface area contributed by atoms with Gasteiger partial charge in [-0.3, -0.25) is 9.36 Å². The lowest BCUT2D eigenvalue weighted by atomic mass is 10.4. The maximum Gasteiger partial charge on any atom is 0.243 e. The van der Waals surface area contributed by atoms with E-state index in [4.69, 9.17) is 0 Å². The fourth-order valence-electron chi connectivity index (χ4n) is 1.91. The Hall–Kier alpha value is -1.19. The first-order valence-electron chi connectivity index (χ1n) is 6.64. The van der Waals surface area contributed by atoms with Crippen molar-refractivity contribution in [2.75, 3.05) is 6.54 Å². The molecule has 0 aliphatic carbocycles. The average molecular weight is 376 g/mol. The zero-order chi connectivity index (χ0) is 15.5. The summed E-state index contributed by atoms with van der Waals surface area (Å²) in [5, 5.41) is 8.27. The largest absolute Gasteiger partial charge is 0.272 e. The number of rotatable bonds is 7. The van der Waals surface area contributed by atoms with Gasteiger partial charge >= 0.3 is 0 Å². The van der Waals surface area contributed by atoms with Crippen molar-refractivity contribution in [3.63, 3.8) is 0 Å². The molecule has 0 saturated heterocycles. The Labute approximate surface area is 132 Å². The first-order valence-corrected chi connectivity index (χ1v) is 8.91. The van der Waals surface area contributed by atoms with E-state index in [0.29, 0.717) is 31.7 Å². The molecule has 0 radical (unpaired) electrons. The first kappa shape index (κ1) is 16.2. The van der Waals surface area contributed by atoms with Crippen LogP contribution < -0.4 is 4.72 Å². The summed E-state index contributed by atoms with van der Waals surface area (Å²) < 4.78 is 31.3. The molecule has 0 bridgehead atoms. The van der Waals surface area contributed by atoms with Gasteiger partial charge in [-0.25, -0.2) is 13.1 Å². The van der Waals surface area contributed by atoms with Gasteiger partial charge in [-0.1, -0.05) is 0 Å². The lowest BCUT2D eigenvalue weighted by Crippen LogP contribution is -2.26. The summed E-state index contributed by atoms with van der Waals surface area (Å²) in [5.41, 5.74) is 0.514. The van der Waals surface area contributed by atoms with Crippen molar-refractivity contribution in [2.24, 2.45) is 0 Å². The molecule has 0 fully saturated rings. The van der Waals surface area contributed by atoms with Gasteiger partial charge < -0.3 is 0 Å². The Kier molecular flexibility index (Phi) is 5.17. The zero-order valence-electron chi connectivity index (χ0n) is 12.0. The van der Waals surface area contributed by atoms with Crippen LogP contribution in [-0.4, -0.2) is 34.5 Å². The molecule has 2 aromatic rings. The lowest BCUT2D eigenvalue weighted by Gasteiger charge is -2.05. The molecule has 0 spiro atoms. The summed E-state index contributed by atoms with van der Waals surface area (Å²) in [6, 6.07) is 0. The Morgan fingerprint density at radius 1 is 1.33 bits per heavy atom. The average Bonchev–Trinajstić information content (AvgIpc) is 3.01. The van der Waals surface area contributed by atoms with Gasteiger partial charge in [-0.2, -0.15) is 10.2 Å². The summed E-state index contributed by atoms with van der Waals surface area (Å²) in [4.78, 5) is 0.242. The minimum atomic E-state index is -3.50. The number of nitrogens with one attached hydrogen (secondary N) is 1. The van der Waals surface area contributed by atoms with Gasteiger partial charge in [0, 0.05) is 32.0 Å². The SMILES string of the molecule is CCn1cc(S(=O)(=O)NCCCn2cc(Br)cn2)c(C)n1. The maximum atomic E-state index is 12.2. The smallest absolute Gasteiger partial charge is 0.243 e. The minimum absolute atomic E-state index is 0.242. The molecule has 2 rings (SSSR count). The van der Waals surface area contributed by atoms with E-state index < -0.39 is 10.0 Å². The summed E-state index contributed by atoms with van der Waals surface area (Å²) >= 11 is 3.32. The van der Waals surface area contributed by atoms with E-state index in [1.807, 2.05) is 13.1 Å². The third-order valence-corrected chi connectivity index (χ3v) is 4.95. The van der Waals surface area contributed by atoms with Gasteiger partial charge in [0.15, 0.2) is 0 Å². The van der Waals surface area contributed by atoms with Crippen LogP contribution in [0.4, 0.5) is 0 Å². The molecule has 0 saturated carbocycles. The van der Waals surface area contributed by atoms with E-state index in [9.17, 15) is 8.42 Å². The van der Waals surface area contributed by atoms with Crippen LogP contribution in [0.2, 0.25) is 0 Å². The number of halogens is 1. The molecule has 0 aromatic carbocycles. The zero-order valence-corrected chi connectivity index (χ0v) is 14.4. The Bertz CT molecular complexity index is 707. The minimum Gasteiger partial charge on any atom is -0.272 e. The summed E-state index contributed by atoms with van der Waals surface area (Å²) in [7, 11) is -3.50. The molecule has 0 aliphatic rings. The van der Waals surface area contributed by atoms with Crippen molar-refractivity contribution < 1.29 is 8.42 Å². The molecule has 1 N–H and O–H groups in total. The van der Waals surface area contributed by atoms with E-state index in [1.165, 1.54) is 0 Å². The van der Waals surface area contributed by atoms with Crippen molar-refractivity contribution in [1.29, 1.82) is 0 Å². The Balaban J connectivity index is 1.90. The molecule has 116 valence electrons. The van der Waals surface area contributed by atoms with E-state index in [0.717, 1.165) is 4.47 Å². The highest BCUT2D eigenvalue weighted by Gasteiger charge is 2.19. The fraction of sp³-hybridized carbons (Fsp3) is 0.500. The molecule has 2 aromatic heterocycles. The third-order valence-electron chi connectivity index (χ3n) is 2.97. The number of nitrogens with zero attached hydrogens (tertiary/aromatic N) is 4. The molecular weight excluding hydrogens is 358 g/mol. The number of aromatic nitrogens is 4. The van der Waals surface area contributed by atoms with Crippen LogP contribution in [0.5, 0.6) is 0 Å². The normalized spacial score (nSPS) is 12.0. The second-order valence-corrected chi connectivity index (χ2v) is 7.26. The highest BCUT2D eigenvalue weighted by Crippen LogP contribution is 2.13. The molecule has 0 unspecified atom stereocenters. The Morgan fingerprint density at radius 3 is 2.67 bits per heavy atom. The van der Waals surface area contributed by atoms with Crippen LogP contribution in [-0.2, 0) is 23.1 Å². The van der Waals surface area contributed by atoms with Crippen molar-refractivity contribution >= 4 is 26.0 Å². The van der Waals surface area contributed by atoms with Gasteiger partial charge in [0.05, 0.1) is 16.4 Å². The van der Waals surface area contributed by atoms with Crippen LogP contribution in [0.15, 0.2) is 28.0 Å². The molecule has 9 heteroatoms. The maximum absolute atomic E-state index is 12.2. The molecule has 0 atom stereocenters. The topological polar surface area (TPSA) is 81.8 Å². The first-order chi connectivity index (χ1) is 9.92. The summed E-state index contributed by atoms with van der Waals surface area (Å²) in [6.45, 7) is 5.27. The standard InChI is InChI=1S/C12H18BrN5O2S/c1-3-17-9-12(10(2)16-17)21(19,20)15-5-4-6-18-8-11(13)7-14-18/h7-9,15H,3-6H2,1-2H3. The van der Waals surface area contributed by atoms with Crippen molar-refractivity contribution in [3.8, 4) is 0 Å². The van der Waals surface area contributed by atoms with E-state index in [-0.39, 0.29) is 4.90 Å². The van der Waals surface area contributed by atoms with Gasteiger partial charge in [0.25, 0.3) is 0 Å². The van der Waals surface area contributed by atoms with Crippen LogP contribution in [0, 0.1) is 6.92 Å². The molecule has 0 amide bonds. The summed E-state index contributed by atoms with van der Waals surface area (Å²) in [6.07, 6.45) is 5.77. The number of aryl methyl sites for hydroxylation is 3. The Morgan fingerprint density at radius 2 is 2.10 bits per heavy atom. The highest BCUT2D eigenvalue weighted by atomic mass is 79.9. The van der Waals surface area contributed by atoms with Gasteiger partial charge in [-0.15, -0.1) is 0 Å². The van der Waals surface area contributed by atoms with Crippen LogP contribution in [0.25, 0.3) is 0 Å². The third kappa shape index (κ3) is 4.14. The highest BCUT2D eigenvalue weighted by molar-refractivity contribution is 9.10. The predicted octanol–water partition coefficient (Wildman–Crippen LogP) is 1.54. The van der Waals surface area contributed by atoms with Gasteiger partial charge in [0.1, 0.15) is 4.90 Å². The summed E-state index contributed by atoms with van der Waals surface area (Å²) in [5.74, 6) is 0.